The maximum Gasteiger partial charge on any atom is 0.305 e. The minimum Gasteiger partial charge on any atom is -0.289 e. The van der Waals surface area contributed by atoms with Gasteiger partial charge in [-0.05, 0) is 24.5 Å². The van der Waals surface area contributed by atoms with Crippen LogP contribution in [0.4, 0.5) is 10.1 Å². The van der Waals surface area contributed by atoms with Gasteiger partial charge in [-0.3, -0.25) is 14.9 Å². The van der Waals surface area contributed by atoms with Gasteiger partial charge in [0.25, 0.3) is 0 Å². The molecule has 0 aromatic heterocycles. The molecule has 0 aliphatic carbocycles. The van der Waals surface area contributed by atoms with E-state index < -0.39 is 16.4 Å². The number of aryl methyl sites for hydroxylation is 1. The molecule has 0 amide bonds. The van der Waals surface area contributed by atoms with Crippen LogP contribution in [0.1, 0.15) is 11.1 Å². The van der Waals surface area contributed by atoms with Gasteiger partial charge in [0.1, 0.15) is 0 Å². The molecular weight excluding hydrogens is 201 g/mol. The molecule has 76 valence electrons. The maximum atomic E-state index is 13.1. The quantitative estimate of drug-likeness (QED) is 0.304. The van der Waals surface area contributed by atoms with Gasteiger partial charge in [-0.25, -0.2) is 0 Å². The Hall–Kier alpha value is -2.22. The first-order chi connectivity index (χ1) is 7.06. The molecule has 0 unspecified atom stereocenters. The molecule has 0 atom stereocenters. The van der Waals surface area contributed by atoms with Crippen molar-refractivity contribution in [2.75, 3.05) is 0 Å². The summed E-state index contributed by atoms with van der Waals surface area (Å²) < 4.78 is 13.1. The Balaban J connectivity index is 3.31. The van der Waals surface area contributed by atoms with E-state index in [1.165, 1.54) is 0 Å². The highest BCUT2D eigenvalue weighted by Crippen LogP contribution is 2.21. The Morgan fingerprint density at radius 3 is 2.73 bits per heavy atom. The number of hydrogen-bond acceptors (Lipinski definition) is 3. The molecular formula is C10H6FNO3. The lowest BCUT2D eigenvalue weighted by Gasteiger charge is -1.99. The van der Waals surface area contributed by atoms with Gasteiger partial charge in [-0.15, -0.1) is 0 Å². The van der Waals surface area contributed by atoms with Gasteiger partial charge in [-0.1, -0.05) is 5.92 Å². The van der Waals surface area contributed by atoms with Crippen LogP contribution < -0.4 is 0 Å². The van der Waals surface area contributed by atoms with E-state index in [1.807, 2.05) is 0 Å². The smallest absolute Gasteiger partial charge is 0.289 e. The molecule has 0 fully saturated rings. The van der Waals surface area contributed by atoms with Gasteiger partial charge in [0, 0.05) is 11.6 Å². The third-order valence-corrected chi connectivity index (χ3v) is 1.76. The third-order valence-electron chi connectivity index (χ3n) is 1.76. The zero-order valence-electron chi connectivity index (χ0n) is 7.78. The topological polar surface area (TPSA) is 60.2 Å². The molecule has 1 aromatic carbocycles. The Kier molecular flexibility index (Phi) is 3.13. The van der Waals surface area contributed by atoms with Crippen LogP contribution in [0.5, 0.6) is 0 Å². The molecule has 5 heteroatoms. The van der Waals surface area contributed by atoms with Crippen molar-refractivity contribution in [2.24, 2.45) is 0 Å². The highest BCUT2D eigenvalue weighted by Gasteiger charge is 2.15. The summed E-state index contributed by atoms with van der Waals surface area (Å²) >= 11 is 0. The molecule has 0 radical (unpaired) electrons. The Morgan fingerprint density at radius 2 is 2.20 bits per heavy atom. The minimum atomic E-state index is -0.958. The molecule has 0 bridgehead atoms. The van der Waals surface area contributed by atoms with Crippen molar-refractivity contribution >= 4 is 12.0 Å². The Bertz CT molecular complexity index is 485. The van der Waals surface area contributed by atoms with E-state index >= 15 is 0 Å². The lowest BCUT2D eigenvalue weighted by molar-refractivity contribution is -0.387. The van der Waals surface area contributed by atoms with E-state index in [4.69, 9.17) is 0 Å². The summed E-state index contributed by atoms with van der Waals surface area (Å²) in [6.45, 7) is 1.56. The molecule has 0 aliphatic rings. The zero-order valence-corrected chi connectivity index (χ0v) is 7.78. The largest absolute Gasteiger partial charge is 0.305 e. The zero-order chi connectivity index (χ0) is 11.4. The van der Waals surface area contributed by atoms with Gasteiger partial charge in [0.15, 0.2) is 6.29 Å². The number of carbonyl (C=O) groups excluding carboxylic acids is 1. The molecule has 0 saturated carbocycles. The van der Waals surface area contributed by atoms with Crippen molar-refractivity contribution in [3.8, 4) is 11.8 Å². The van der Waals surface area contributed by atoms with Crippen LogP contribution in [0.2, 0.25) is 0 Å². The predicted octanol–water partition coefficient (Wildman–Crippen LogP) is 1.59. The van der Waals surface area contributed by atoms with Crippen molar-refractivity contribution in [3.63, 3.8) is 0 Å². The standard InChI is InChI=1S/C10H6FNO3/c1-7-5-10(12(14)15)9(11)6-8(7)3-2-4-13/h4-6H,1H3. The second-order valence-electron chi connectivity index (χ2n) is 2.76. The van der Waals surface area contributed by atoms with Gasteiger partial charge < -0.3 is 0 Å². The first-order valence-electron chi connectivity index (χ1n) is 3.96. The van der Waals surface area contributed by atoms with E-state index in [9.17, 15) is 19.3 Å². The van der Waals surface area contributed by atoms with Gasteiger partial charge in [0.2, 0.25) is 5.82 Å². The highest BCUT2D eigenvalue weighted by molar-refractivity contribution is 5.74. The molecule has 0 heterocycles. The molecule has 0 aliphatic heterocycles. The molecule has 0 spiro atoms. The minimum absolute atomic E-state index is 0.269. The average molecular weight is 207 g/mol. The van der Waals surface area contributed by atoms with E-state index in [-0.39, 0.29) is 5.56 Å². The maximum absolute atomic E-state index is 13.1. The van der Waals surface area contributed by atoms with Crippen LogP contribution in [-0.2, 0) is 4.79 Å². The Morgan fingerprint density at radius 1 is 1.53 bits per heavy atom. The number of hydrogen-bond donors (Lipinski definition) is 0. The summed E-state index contributed by atoms with van der Waals surface area (Å²) in [5.74, 6) is 3.55. The number of nitrogens with zero attached hydrogens (tertiary/aromatic N) is 1. The van der Waals surface area contributed by atoms with Crippen molar-refractivity contribution < 1.29 is 14.1 Å². The lowest BCUT2D eigenvalue weighted by atomic mass is 10.1. The first-order valence-corrected chi connectivity index (χ1v) is 3.96. The van der Waals surface area contributed by atoms with Crippen LogP contribution >= 0.6 is 0 Å². The van der Waals surface area contributed by atoms with Crippen molar-refractivity contribution in [2.45, 2.75) is 6.92 Å². The van der Waals surface area contributed by atoms with Crippen LogP contribution in [-0.4, -0.2) is 11.2 Å². The summed E-state index contributed by atoms with van der Waals surface area (Å²) in [7, 11) is 0. The highest BCUT2D eigenvalue weighted by atomic mass is 19.1. The van der Waals surface area contributed by atoms with Gasteiger partial charge in [-0.2, -0.15) is 4.39 Å². The predicted molar refractivity (Wildman–Crippen MR) is 50.7 cm³/mol. The van der Waals surface area contributed by atoms with Crippen molar-refractivity contribution in [1.82, 2.24) is 0 Å². The molecule has 0 N–H and O–H groups in total. The summed E-state index contributed by atoms with van der Waals surface area (Å²) in [6, 6.07) is 2.04. The summed E-state index contributed by atoms with van der Waals surface area (Å²) in [5, 5.41) is 10.4. The van der Waals surface area contributed by atoms with Crippen LogP contribution in [0, 0.1) is 34.7 Å². The normalized spacial score (nSPS) is 8.93. The molecule has 1 aromatic rings. The van der Waals surface area contributed by atoms with E-state index in [2.05, 4.69) is 11.8 Å². The summed E-state index contributed by atoms with van der Waals surface area (Å²) in [5.41, 5.74) is 0.131. The third kappa shape index (κ3) is 2.38. The van der Waals surface area contributed by atoms with E-state index in [0.29, 0.717) is 11.8 Å². The van der Waals surface area contributed by atoms with Crippen LogP contribution in [0.15, 0.2) is 12.1 Å². The van der Waals surface area contributed by atoms with Gasteiger partial charge >= 0.3 is 5.69 Å². The second-order valence-corrected chi connectivity index (χ2v) is 2.76. The van der Waals surface area contributed by atoms with E-state index in [0.717, 1.165) is 12.1 Å². The number of nitro benzene ring substituents is 1. The summed E-state index contributed by atoms with van der Waals surface area (Å²) in [4.78, 5) is 19.5. The molecule has 1 rings (SSSR count). The van der Waals surface area contributed by atoms with Gasteiger partial charge in [0.05, 0.1) is 4.92 Å². The fourth-order valence-electron chi connectivity index (χ4n) is 1.05. The second kappa shape index (κ2) is 4.33. The number of aldehydes is 1. The van der Waals surface area contributed by atoms with Crippen molar-refractivity contribution in [3.05, 3.63) is 39.2 Å². The number of carbonyl (C=O) groups is 1. The molecule has 4 nitrogen and oxygen atoms in total. The van der Waals surface area contributed by atoms with E-state index in [1.54, 1.807) is 6.92 Å². The number of rotatable bonds is 1. The van der Waals surface area contributed by atoms with Crippen LogP contribution in [0.25, 0.3) is 0 Å². The number of nitro groups is 1. The summed E-state index contributed by atoms with van der Waals surface area (Å²) in [6.07, 6.45) is 0.374. The monoisotopic (exact) mass is 207 g/mol. The number of halogens is 1. The SMILES string of the molecule is Cc1cc([N+](=O)[O-])c(F)cc1C#CC=O. The first kappa shape index (κ1) is 10.9. The molecule has 0 saturated heterocycles. The lowest BCUT2D eigenvalue weighted by Crippen LogP contribution is -1.95. The fourth-order valence-corrected chi connectivity index (χ4v) is 1.05. The Labute approximate surface area is 84.9 Å². The average Bonchev–Trinajstić information content (AvgIpc) is 2.18. The van der Waals surface area contributed by atoms with Crippen molar-refractivity contribution in [1.29, 1.82) is 0 Å². The fraction of sp³-hybridized carbons (Fsp3) is 0.100. The molecule has 15 heavy (non-hydrogen) atoms. The van der Waals surface area contributed by atoms with Crippen LogP contribution in [0.3, 0.4) is 0 Å². The number of benzene rings is 1.